The van der Waals surface area contributed by atoms with Gasteiger partial charge in [-0.25, -0.2) is 0 Å². The molecule has 3 heteroatoms. The molecular weight excluding hydrogens is 240 g/mol. The maximum atomic E-state index is 5.70. The van der Waals surface area contributed by atoms with E-state index < -0.39 is 0 Å². The highest BCUT2D eigenvalue weighted by Crippen LogP contribution is 2.34. The van der Waals surface area contributed by atoms with E-state index in [9.17, 15) is 0 Å². The van der Waals surface area contributed by atoms with Crippen molar-refractivity contribution in [2.75, 3.05) is 20.5 Å². The summed E-state index contributed by atoms with van der Waals surface area (Å²) < 4.78 is 16.0. The van der Waals surface area contributed by atoms with E-state index in [-0.39, 0.29) is 0 Å². The Bertz CT molecular complexity index is 353. The first-order chi connectivity index (χ1) is 9.33. The molecule has 3 nitrogen and oxygen atoms in total. The Morgan fingerprint density at radius 3 is 2.32 bits per heavy atom. The van der Waals surface area contributed by atoms with Gasteiger partial charge in [0, 0.05) is 13.7 Å². The topological polar surface area (TPSA) is 27.7 Å². The number of methoxy groups -OCH3 is 1. The van der Waals surface area contributed by atoms with E-state index in [0.717, 1.165) is 12.4 Å². The lowest BCUT2D eigenvalue weighted by Crippen LogP contribution is -2.20. The number of ether oxygens (including phenoxy) is 3. The second kappa shape index (κ2) is 7.51. The normalized spacial score (nSPS) is 23.3. The maximum Gasteiger partial charge on any atom is 0.188 e. The smallest absolute Gasteiger partial charge is 0.188 e. The van der Waals surface area contributed by atoms with Gasteiger partial charge in [0.25, 0.3) is 0 Å². The van der Waals surface area contributed by atoms with Crippen molar-refractivity contribution >= 4 is 0 Å². The van der Waals surface area contributed by atoms with Crippen molar-refractivity contribution in [2.24, 2.45) is 0 Å². The molecule has 1 saturated carbocycles. The second-order valence-corrected chi connectivity index (χ2v) is 5.05. The summed E-state index contributed by atoms with van der Waals surface area (Å²) in [5, 5.41) is 0. The van der Waals surface area contributed by atoms with E-state index in [1.54, 1.807) is 7.11 Å². The largest absolute Gasteiger partial charge is 0.468 e. The van der Waals surface area contributed by atoms with Gasteiger partial charge < -0.3 is 14.2 Å². The summed E-state index contributed by atoms with van der Waals surface area (Å²) in [5.74, 6) is 1.54. The van der Waals surface area contributed by atoms with Gasteiger partial charge in [-0.1, -0.05) is 12.1 Å². The lowest BCUT2D eigenvalue weighted by atomic mass is 9.83. The van der Waals surface area contributed by atoms with E-state index in [1.165, 1.54) is 31.2 Å². The van der Waals surface area contributed by atoms with Crippen molar-refractivity contribution in [3.05, 3.63) is 29.8 Å². The highest BCUT2D eigenvalue weighted by atomic mass is 16.7. The molecule has 0 bridgehead atoms. The highest BCUT2D eigenvalue weighted by Gasteiger charge is 2.22. The molecule has 0 N–H and O–H groups in total. The monoisotopic (exact) mass is 264 g/mol. The Labute approximate surface area is 115 Å². The highest BCUT2D eigenvalue weighted by molar-refractivity contribution is 5.29. The minimum absolute atomic E-state index is 0.304. The van der Waals surface area contributed by atoms with Crippen LogP contribution in [0.25, 0.3) is 0 Å². The van der Waals surface area contributed by atoms with Crippen LogP contribution >= 0.6 is 0 Å². The van der Waals surface area contributed by atoms with E-state index >= 15 is 0 Å². The summed E-state index contributed by atoms with van der Waals surface area (Å²) in [6.45, 7) is 3.21. The van der Waals surface area contributed by atoms with Crippen molar-refractivity contribution in [1.29, 1.82) is 0 Å². The quantitative estimate of drug-likeness (QED) is 0.733. The lowest BCUT2D eigenvalue weighted by Gasteiger charge is -2.28. The third kappa shape index (κ3) is 4.22. The Hall–Kier alpha value is -1.06. The first-order valence-electron chi connectivity index (χ1n) is 7.16. The van der Waals surface area contributed by atoms with Crippen LogP contribution in [0.2, 0.25) is 0 Å². The molecule has 0 amide bonds. The standard InChI is InChI=1S/C16H24O3/c1-3-18-15-8-4-13(5-9-15)14-6-10-16(11-7-14)19-12-17-2/h6-7,10-11,13,15H,3-5,8-9,12H2,1-2H3. The molecule has 1 aromatic carbocycles. The average Bonchev–Trinajstić information content (AvgIpc) is 2.47. The van der Waals surface area contributed by atoms with E-state index in [1.807, 2.05) is 12.1 Å². The molecule has 106 valence electrons. The van der Waals surface area contributed by atoms with E-state index in [4.69, 9.17) is 14.2 Å². The van der Waals surface area contributed by atoms with Gasteiger partial charge in [0.15, 0.2) is 6.79 Å². The lowest BCUT2D eigenvalue weighted by molar-refractivity contribution is 0.0327. The summed E-state index contributed by atoms with van der Waals surface area (Å²) in [6.07, 6.45) is 5.29. The molecule has 1 aromatic rings. The zero-order valence-corrected chi connectivity index (χ0v) is 11.9. The Balaban J connectivity index is 1.85. The van der Waals surface area contributed by atoms with Crippen LogP contribution in [0, 0.1) is 0 Å². The number of rotatable bonds is 6. The molecular formula is C16H24O3. The fourth-order valence-corrected chi connectivity index (χ4v) is 2.76. The van der Waals surface area contributed by atoms with Crippen LogP contribution in [0.5, 0.6) is 5.75 Å². The molecule has 0 saturated heterocycles. The number of hydrogen-bond acceptors (Lipinski definition) is 3. The number of benzene rings is 1. The Morgan fingerprint density at radius 2 is 1.74 bits per heavy atom. The molecule has 0 aromatic heterocycles. The average molecular weight is 264 g/mol. The summed E-state index contributed by atoms with van der Waals surface area (Å²) in [6, 6.07) is 8.42. The van der Waals surface area contributed by atoms with Crippen LogP contribution in [-0.2, 0) is 9.47 Å². The molecule has 1 fully saturated rings. The molecule has 0 atom stereocenters. The minimum atomic E-state index is 0.304. The van der Waals surface area contributed by atoms with Gasteiger partial charge in [0.2, 0.25) is 0 Å². The molecule has 0 heterocycles. The summed E-state index contributed by atoms with van der Waals surface area (Å²) in [4.78, 5) is 0. The van der Waals surface area contributed by atoms with Gasteiger partial charge >= 0.3 is 0 Å². The van der Waals surface area contributed by atoms with Crippen LogP contribution in [0.1, 0.15) is 44.1 Å². The van der Waals surface area contributed by atoms with Gasteiger partial charge in [-0.15, -0.1) is 0 Å². The van der Waals surface area contributed by atoms with E-state index in [2.05, 4.69) is 19.1 Å². The first-order valence-corrected chi connectivity index (χ1v) is 7.16. The van der Waals surface area contributed by atoms with Crippen molar-refractivity contribution in [2.45, 2.75) is 44.6 Å². The second-order valence-electron chi connectivity index (χ2n) is 5.05. The fourth-order valence-electron chi connectivity index (χ4n) is 2.76. The van der Waals surface area contributed by atoms with Crippen molar-refractivity contribution < 1.29 is 14.2 Å². The number of hydrogen-bond donors (Lipinski definition) is 0. The zero-order valence-electron chi connectivity index (χ0n) is 11.9. The molecule has 0 unspecified atom stereocenters. The summed E-state index contributed by atoms with van der Waals surface area (Å²) in [7, 11) is 1.63. The fraction of sp³-hybridized carbons (Fsp3) is 0.625. The van der Waals surface area contributed by atoms with Gasteiger partial charge in [0.1, 0.15) is 5.75 Å². The molecule has 1 aliphatic carbocycles. The third-order valence-corrected chi connectivity index (χ3v) is 3.77. The minimum Gasteiger partial charge on any atom is -0.468 e. The first kappa shape index (κ1) is 14.4. The van der Waals surface area contributed by atoms with Crippen LogP contribution in [0.4, 0.5) is 0 Å². The Morgan fingerprint density at radius 1 is 1.05 bits per heavy atom. The SMILES string of the molecule is CCOC1CCC(c2ccc(OCOC)cc2)CC1. The van der Waals surface area contributed by atoms with Crippen molar-refractivity contribution in [3.8, 4) is 5.75 Å². The molecule has 0 radical (unpaired) electrons. The molecule has 19 heavy (non-hydrogen) atoms. The van der Waals surface area contributed by atoms with Crippen molar-refractivity contribution in [1.82, 2.24) is 0 Å². The summed E-state index contributed by atoms with van der Waals surface area (Å²) >= 11 is 0. The zero-order chi connectivity index (χ0) is 13.5. The van der Waals surface area contributed by atoms with Crippen LogP contribution in [0.15, 0.2) is 24.3 Å². The molecule has 0 aliphatic heterocycles. The molecule has 0 spiro atoms. The summed E-state index contributed by atoms with van der Waals surface area (Å²) in [5.41, 5.74) is 1.42. The van der Waals surface area contributed by atoms with Crippen LogP contribution < -0.4 is 4.74 Å². The van der Waals surface area contributed by atoms with Crippen LogP contribution in [-0.4, -0.2) is 26.6 Å². The maximum absolute atomic E-state index is 5.70. The Kier molecular flexibility index (Phi) is 5.67. The molecule has 1 aliphatic rings. The van der Waals surface area contributed by atoms with Gasteiger partial charge in [0.05, 0.1) is 6.10 Å². The van der Waals surface area contributed by atoms with Crippen molar-refractivity contribution in [3.63, 3.8) is 0 Å². The van der Waals surface area contributed by atoms with Gasteiger partial charge in [-0.3, -0.25) is 0 Å². The predicted octanol–water partition coefficient (Wildman–Crippen LogP) is 3.73. The third-order valence-electron chi connectivity index (χ3n) is 3.77. The van der Waals surface area contributed by atoms with E-state index in [0.29, 0.717) is 18.8 Å². The predicted molar refractivity (Wildman–Crippen MR) is 75.6 cm³/mol. The van der Waals surface area contributed by atoms with Gasteiger partial charge in [-0.05, 0) is 56.2 Å². The van der Waals surface area contributed by atoms with Gasteiger partial charge in [-0.2, -0.15) is 0 Å². The molecule has 2 rings (SSSR count). The van der Waals surface area contributed by atoms with Crippen LogP contribution in [0.3, 0.4) is 0 Å².